The second kappa shape index (κ2) is 8.21. The molecule has 0 amide bonds. The van der Waals surface area contributed by atoms with Gasteiger partial charge in [0.05, 0.1) is 0 Å². The molecule has 2 nitrogen and oxygen atoms in total. The van der Waals surface area contributed by atoms with Crippen LogP contribution in [-0.4, -0.2) is 5.97 Å². The van der Waals surface area contributed by atoms with Crippen molar-refractivity contribution >= 4 is 5.97 Å². The molecular formula is C19H28O2. The van der Waals surface area contributed by atoms with Gasteiger partial charge in [-0.05, 0) is 61.6 Å². The Bertz CT molecular complexity index is 427. The standard InChI is InChI=1S/C19H28O2/c1-3-5-15-7-9-16(10-8-15)17-11-13-18(14-12-17)21-19(20)6-4-2/h11-16H,3-10H2,1-2H3. The van der Waals surface area contributed by atoms with Crippen molar-refractivity contribution in [2.75, 3.05) is 0 Å². The van der Waals surface area contributed by atoms with E-state index >= 15 is 0 Å². The van der Waals surface area contributed by atoms with Gasteiger partial charge in [-0.3, -0.25) is 4.79 Å². The predicted molar refractivity (Wildman–Crippen MR) is 86.6 cm³/mol. The van der Waals surface area contributed by atoms with Crippen molar-refractivity contribution < 1.29 is 9.53 Å². The zero-order valence-corrected chi connectivity index (χ0v) is 13.4. The molecule has 116 valence electrons. The van der Waals surface area contributed by atoms with E-state index in [1.165, 1.54) is 44.1 Å². The monoisotopic (exact) mass is 288 g/mol. The van der Waals surface area contributed by atoms with Gasteiger partial charge in [-0.25, -0.2) is 0 Å². The largest absolute Gasteiger partial charge is 0.427 e. The molecule has 0 aromatic heterocycles. The lowest BCUT2D eigenvalue weighted by atomic mass is 9.77. The van der Waals surface area contributed by atoms with Crippen molar-refractivity contribution in [2.45, 2.75) is 71.1 Å². The highest BCUT2D eigenvalue weighted by molar-refractivity contribution is 5.72. The Labute approximate surface area is 128 Å². The minimum Gasteiger partial charge on any atom is -0.427 e. The molecule has 1 saturated carbocycles. The summed E-state index contributed by atoms with van der Waals surface area (Å²) in [6.45, 7) is 4.27. The van der Waals surface area contributed by atoms with Crippen LogP contribution in [0.2, 0.25) is 0 Å². The Hall–Kier alpha value is -1.31. The zero-order chi connectivity index (χ0) is 15.1. The molecule has 0 heterocycles. The van der Waals surface area contributed by atoms with Crippen LogP contribution in [0.1, 0.15) is 76.7 Å². The van der Waals surface area contributed by atoms with Gasteiger partial charge in [-0.15, -0.1) is 0 Å². The number of benzene rings is 1. The lowest BCUT2D eigenvalue weighted by Gasteiger charge is -2.28. The SMILES string of the molecule is CCCC(=O)Oc1ccc(C2CCC(CCC)CC2)cc1. The number of ether oxygens (including phenoxy) is 1. The van der Waals surface area contributed by atoms with Crippen molar-refractivity contribution in [2.24, 2.45) is 5.92 Å². The highest BCUT2D eigenvalue weighted by Crippen LogP contribution is 2.37. The fourth-order valence-electron chi connectivity index (χ4n) is 3.39. The van der Waals surface area contributed by atoms with Crippen molar-refractivity contribution in [3.05, 3.63) is 29.8 Å². The van der Waals surface area contributed by atoms with E-state index in [1.54, 1.807) is 0 Å². The Balaban J connectivity index is 1.86. The highest BCUT2D eigenvalue weighted by atomic mass is 16.5. The molecule has 0 N–H and O–H groups in total. The molecule has 0 spiro atoms. The minimum atomic E-state index is -0.134. The van der Waals surface area contributed by atoms with Gasteiger partial charge in [-0.2, -0.15) is 0 Å². The van der Waals surface area contributed by atoms with E-state index in [0.717, 1.165) is 12.3 Å². The van der Waals surface area contributed by atoms with Gasteiger partial charge < -0.3 is 4.74 Å². The Morgan fingerprint density at radius 2 is 1.71 bits per heavy atom. The minimum absolute atomic E-state index is 0.134. The van der Waals surface area contributed by atoms with Crippen molar-refractivity contribution in [1.82, 2.24) is 0 Å². The molecule has 1 aliphatic carbocycles. The molecule has 0 radical (unpaired) electrons. The molecule has 21 heavy (non-hydrogen) atoms. The molecule has 0 saturated heterocycles. The number of hydrogen-bond donors (Lipinski definition) is 0. The summed E-state index contributed by atoms with van der Waals surface area (Å²) in [7, 11) is 0. The fourth-order valence-corrected chi connectivity index (χ4v) is 3.39. The number of carbonyl (C=O) groups is 1. The van der Waals surface area contributed by atoms with Crippen molar-refractivity contribution in [3.8, 4) is 5.75 Å². The molecule has 0 unspecified atom stereocenters. The first kappa shape index (κ1) is 16.1. The number of hydrogen-bond acceptors (Lipinski definition) is 2. The van der Waals surface area contributed by atoms with Crippen LogP contribution in [-0.2, 0) is 4.79 Å². The molecule has 1 aromatic rings. The number of carbonyl (C=O) groups excluding carboxylic acids is 1. The Morgan fingerprint density at radius 3 is 2.29 bits per heavy atom. The average Bonchev–Trinajstić information content (AvgIpc) is 2.49. The van der Waals surface area contributed by atoms with Crippen LogP contribution >= 0.6 is 0 Å². The normalized spacial score (nSPS) is 22.0. The van der Waals surface area contributed by atoms with Gasteiger partial charge in [0, 0.05) is 6.42 Å². The third kappa shape index (κ3) is 4.87. The van der Waals surface area contributed by atoms with Crippen LogP contribution in [0, 0.1) is 5.92 Å². The van der Waals surface area contributed by atoms with Gasteiger partial charge in [-0.1, -0.05) is 38.8 Å². The first-order valence-electron chi connectivity index (χ1n) is 8.53. The van der Waals surface area contributed by atoms with Gasteiger partial charge >= 0.3 is 5.97 Å². The van der Waals surface area contributed by atoms with Crippen LogP contribution in [0.5, 0.6) is 5.75 Å². The molecule has 2 heteroatoms. The smallest absolute Gasteiger partial charge is 0.311 e. The van der Waals surface area contributed by atoms with Crippen LogP contribution in [0.4, 0.5) is 0 Å². The topological polar surface area (TPSA) is 26.3 Å². The third-order valence-electron chi connectivity index (χ3n) is 4.58. The third-order valence-corrected chi connectivity index (χ3v) is 4.58. The molecule has 0 bridgehead atoms. The van der Waals surface area contributed by atoms with E-state index in [-0.39, 0.29) is 5.97 Å². The lowest BCUT2D eigenvalue weighted by Crippen LogP contribution is -2.13. The first-order chi connectivity index (χ1) is 10.2. The van der Waals surface area contributed by atoms with E-state index in [2.05, 4.69) is 19.1 Å². The maximum atomic E-state index is 11.5. The van der Waals surface area contributed by atoms with Gasteiger partial charge in [0.25, 0.3) is 0 Å². The molecule has 1 aliphatic rings. The Kier molecular flexibility index (Phi) is 6.28. The van der Waals surface area contributed by atoms with E-state index in [9.17, 15) is 4.79 Å². The van der Waals surface area contributed by atoms with Gasteiger partial charge in [0.1, 0.15) is 5.75 Å². The van der Waals surface area contributed by atoms with E-state index < -0.39 is 0 Å². The van der Waals surface area contributed by atoms with Crippen LogP contribution in [0.25, 0.3) is 0 Å². The summed E-state index contributed by atoms with van der Waals surface area (Å²) < 4.78 is 5.31. The average molecular weight is 288 g/mol. The van der Waals surface area contributed by atoms with Crippen LogP contribution in [0.3, 0.4) is 0 Å². The number of esters is 1. The summed E-state index contributed by atoms with van der Waals surface area (Å²) in [6, 6.07) is 8.17. The van der Waals surface area contributed by atoms with E-state index in [1.807, 2.05) is 19.1 Å². The maximum absolute atomic E-state index is 11.5. The molecule has 0 aliphatic heterocycles. The summed E-state index contributed by atoms with van der Waals surface area (Å²) in [5, 5.41) is 0. The summed E-state index contributed by atoms with van der Waals surface area (Å²) in [5.74, 6) is 2.18. The second-order valence-corrected chi connectivity index (χ2v) is 6.30. The second-order valence-electron chi connectivity index (χ2n) is 6.30. The maximum Gasteiger partial charge on any atom is 0.311 e. The zero-order valence-electron chi connectivity index (χ0n) is 13.4. The van der Waals surface area contributed by atoms with Crippen molar-refractivity contribution in [3.63, 3.8) is 0 Å². The Morgan fingerprint density at radius 1 is 1.05 bits per heavy atom. The van der Waals surface area contributed by atoms with Crippen molar-refractivity contribution in [1.29, 1.82) is 0 Å². The first-order valence-corrected chi connectivity index (χ1v) is 8.53. The van der Waals surface area contributed by atoms with Crippen LogP contribution in [0.15, 0.2) is 24.3 Å². The lowest BCUT2D eigenvalue weighted by molar-refractivity contribution is -0.134. The molecular weight excluding hydrogens is 260 g/mol. The predicted octanol–water partition coefficient (Wildman–Crippen LogP) is 5.47. The summed E-state index contributed by atoms with van der Waals surface area (Å²) in [6.07, 6.45) is 9.37. The van der Waals surface area contributed by atoms with Crippen LogP contribution < -0.4 is 4.74 Å². The summed E-state index contributed by atoms with van der Waals surface area (Å²) in [5.41, 5.74) is 1.40. The van der Waals surface area contributed by atoms with E-state index in [4.69, 9.17) is 4.74 Å². The molecule has 0 atom stereocenters. The molecule has 1 fully saturated rings. The van der Waals surface area contributed by atoms with Gasteiger partial charge in [0.15, 0.2) is 0 Å². The highest BCUT2D eigenvalue weighted by Gasteiger charge is 2.21. The molecule has 2 rings (SSSR count). The van der Waals surface area contributed by atoms with E-state index in [0.29, 0.717) is 18.1 Å². The quantitative estimate of drug-likeness (QED) is 0.513. The molecule has 1 aromatic carbocycles. The number of rotatable bonds is 6. The van der Waals surface area contributed by atoms with Gasteiger partial charge in [0.2, 0.25) is 0 Å². The summed E-state index contributed by atoms with van der Waals surface area (Å²) >= 11 is 0. The fraction of sp³-hybridized carbons (Fsp3) is 0.632. The summed E-state index contributed by atoms with van der Waals surface area (Å²) in [4.78, 5) is 11.5.